The summed E-state index contributed by atoms with van der Waals surface area (Å²) in [5.74, 6) is -0.320. The summed E-state index contributed by atoms with van der Waals surface area (Å²) in [5.41, 5.74) is 4.74. The number of nitrogens with one attached hydrogen (secondary N) is 1. The first kappa shape index (κ1) is 17.9. The first-order valence-electron chi connectivity index (χ1n) is 8.11. The van der Waals surface area contributed by atoms with E-state index in [1.54, 1.807) is 42.6 Å². The number of aromatic nitrogens is 3. The van der Waals surface area contributed by atoms with Crippen LogP contribution in [0, 0.1) is 5.82 Å². The van der Waals surface area contributed by atoms with Crippen LogP contribution in [0.1, 0.15) is 0 Å². The van der Waals surface area contributed by atoms with Gasteiger partial charge in [0, 0.05) is 34.7 Å². The summed E-state index contributed by atoms with van der Waals surface area (Å²) in [5, 5.41) is 3.40. The monoisotopic (exact) mass is 440 g/mol. The maximum absolute atomic E-state index is 14.1. The zero-order valence-corrected chi connectivity index (χ0v) is 16.7. The number of benzene rings is 2. The normalized spacial score (nSPS) is 10.9. The largest absolute Gasteiger partial charge is 0.353 e. The number of fused-ring (bicyclic) bond motifs is 1. The zero-order chi connectivity index (χ0) is 18.8. The van der Waals surface area contributed by atoms with Crippen LogP contribution in [0.3, 0.4) is 0 Å². The van der Waals surface area contributed by atoms with Crippen LogP contribution >= 0.6 is 27.7 Å². The van der Waals surface area contributed by atoms with Gasteiger partial charge in [0.15, 0.2) is 0 Å². The van der Waals surface area contributed by atoms with Crippen LogP contribution in [0.5, 0.6) is 0 Å². The lowest BCUT2D eigenvalue weighted by Gasteiger charge is -2.13. The van der Waals surface area contributed by atoms with Gasteiger partial charge in [-0.15, -0.1) is 11.8 Å². The van der Waals surface area contributed by atoms with Gasteiger partial charge in [0.1, 0.15) is 5.82 Å². The Balaban J connectivity index is 1.87. The Kier molecular flexibility index (Phi) is 5.05. The average molecular weight is 441 g/mol. The van der Waals surface area contributed by atoms with Gasteiger partial charge >= 0.3 is 0 Å². The number of rotatable bonds is 4. The zero-order valence-electron chi connectivity index (χ0n) is 14.3. The predicted octanol–water partition coefficient (Wildman–Crippen LogP) is 6.06. The molecule has 0 aliphatic rings. The molecule has 0 aliphatic heterocycles. The average Bonchev–Trinajstić information content (AvgIpc) is 2.70. The Hall–Kier alpha value is -2.51. The fourth-order valence-corrected chi connectivity index (χ4v) is 3.61. The third-order valence-electron chi connectivity index (χ3n) is 4.08. The van der Waals surface area contributed by atoms with Crippen LogP contribution in [-0.4, -0.2) is 21.2 Å². The molecule has 0 aliphatic carbocycles. The maximum atomic E-state index is 14.1. The molecule has 1 N–H and O–H groups in total. The van der Waals surface area contributed by atoms with E-state index in [1.807, 2.05) is 30.5 Å². The molecular formula is C20H14BrFN4S. The van der Waals surface area contributed by atoms with E-state index in [2.05, 4.69) is 36.2 Å². The number of hydrogen-bond acceptors (Lipinski definition) is 5. The molecule has 0 saturated carbocycles. The van der Waals surface area contributed by atoms with Crippen molar-refractivity contribution in [1.82, 2.24) is 15.0 Å². The Morgan fingerprint density at radius 3 is 2.70 bits per heavy atom. The molecule has 2 heterocycles. The molecule has 0 fully saturated rings. The Morgan fingerprint density at radius 2 is 1.89 bits per heavy atom. The van der Waals surface area contributed by atoms with Gasteiger partial charge < -0.3 is 5.32 Å². The minimum atomic E-state index is -0.320. The van der Waals surface area contributed by atoms with Crippen molar-refractivity contribution < 1.29 is 4.39 Å². The van der Waals surface area contributed by atoms with E-state index < -0.39 is 0 Å². The lowest BCUT2D eigenvalue weighted by atomic mass is 10.0. The van der Waals surface area contributed by atoms with Gasteiger partial charge in [-0.3, -0.25) is 15.0 Å². The van der Waals surface area contributed by atoms with Crippen LogP contribution in [0.15, 0.2) is 70.6 Å². The number of halogens is 2. The summed E-state index contributed by atoms with van der Waals surface area (Å²) in [6.07, 6.45) is 8.85. The molecule has 7 heteroatoms. The summed E-state index contributed by atoms with van der Waals surface area (Å²) >= 11 is 4.84. The summed E-state index contributed by atoms with van der Waals surface area (Å²) in [7, 11) is 0. The smallest absolute Gasteiger partial charge is 0.137 e. The van der Waals surface area contributed by atoms with Crippen molar-refractivity contribution in [2.24, 2.45) is 0 Å². The maximum Gasteiger partial charge on any atom is 0.137 e. The molecule has 27 heavy (non-hydrogen) atoms. The SMILES string of the molecule is CSc1ccncc1Nc1cc(-c2ccc(Br)c(F)c2)c2nccnc2c1. The highest BCUT2D eigenvalue weighted by molar-refractivity contribution is 9.10. The van der Waals surface area contributed by atoms with Crippen LogP contribution < -0.4 is 5.32 Å². The lowest BCUT2D eigenvalue weighted by Crippen LogP contribution is -1.96. The fraction of sp³-hybridized carbons (Fsp3) is 0.0500. The molecule has 4 nitrogen and oxygen atoms in total. The number of thioether (sulfide) groups is 1. The Morgan fingerprint density at radius 1 is 1.04 bits per heavy atom. The second-order valence-electron chi connectivity index (χ2n) is 5.78. The molecule has 0 saturated heterocycles. The fourth-order valence-electron chi connectivity index (χ4n) is 2.84. The highest BCUT2D eigenvalue weighted by atomic mass is 79.9. The number of nitrogens with zero attached hydrogens (tertiary/aromatic N) is 3. The van der Waals surface area contributed by atoms with Crippen LogP contribution in [0.25, 0.3) is 22.2 Å². The molecule has 2 aromatic carbocycles. The van der Waals surface area contributed by atoms with Gasteiger partial charge in [-0.1, -0.05) is 6.07 Å². The molecular weight excluding hydrogens is 427 g/mol. The van der Waals surface area contributed by atoms with Crippen LogP contribution in [0.2, 0.25) is 0 Å². The van der Waals surface area contributed by atoms with Crippen molar-refractivity contribution in [3.05, 3.63) is 71.5 Å². The van der Waals surface area contributed by atoms with Crippen molar-refractivity contribution in [1.29, 1.82) is 0 Å². The van der Waals surface area contributed by atoms with Gasteiger partial charge in [0.2, 0.25) is 0 Å². The van der Waals surface area contributed by atoms with Crippen molar-refractivity contribution >= 4 is 50.1 Å². The van der Waals surface area contributed by atoms with E-state index in [9.17, 15) is 4.39 Å². The summed E-state index contributed by atoms with van der Waals surface area (Å²) in [6.45, 7) is 0. The highest BCUT2D eigenvalue weighted by Crippen LogP contribution is 2.34. The standard InChI is InChI=1S/C20H14BrFN4S/c1-27-19-4-5-23-11-18(19)26-13-9-14(12-2-3-15(21)16(22)8-12)20-17(10-13)24-6-7-25-20/h2-11,26H,1H3. The highest BCUT2D eigenvalue weighted by Gasteiger charge is 2.12. The molecule has 4 rings (SSSR count). The summed E-state index contributed by atoms with van der Waals surface area (Å²) in [4.78, 5) is 14.2. The van der Waals surface area contributed by atoms with Gasteiger partial charge in [-0.05, 0) is 58.1 Å². The first-order valence-corrected chi connectivity index (χ1v) is 10.1. The van der Waals surface area contributed by atoms with Crippen molar-refractivity contribution in [2.45, 2.75) is 4.90 Å². The Bertz CT molecular complexity index is 1140. The van der Waals surface area contributed by atoms with Gasteiger partial charge in [0.25, 0.3) is 0 Å². The molecule has 0 atom stereocenters. The van der Waals surface area contributed by atoms with E-state index in [0.29, 0.717) is 4.47 Å². The molecule has 134 valence electrons. The van der Waals surface area contributed by atoms with Crippen LogP contribution in [0.4, 0.5) is 15.8 Å². The van der Waals surface area contributed by atoms with Crippen molar-refractivity contribution in [2.75, 3.05) is 11.6 Å². The lowest BCUT2D eigenvalue weighted by molar-refractivity contribution is 0.621. The number of hydrogen-bond donors (Lipinski definition) is 1. The van der Waals surface area contributed by atoms with E-state index in [4.69, 9.17) is 0 Å². The minimum Gasteiger partial charge on any atom is -0.353 e. The number of pyridine rings is 1. The quantitative estimate of drug-likeness (QED) is 0.390. The van der Waals surface area contributed by atoms with E-state index in [-0.39, 0.29) is 5.82 Å². The molecule has 0 unspecified atom stereocenters. The second kappa shape index (κ2) is 7.62. The van der Waals surface area contributed by atoms with Gasteiger partial charge in [0.05, 0.1) is 27.4 Å². The molecule has 0 spiro atoms. The summed E-state index contributed by atoms with van der Waals surface area (Å²) in [6, 6.07) is 10.9. The van der Waals surface area contributed by atoms with Crippen molar-refractivity contribution in [3.8, 4) is 11.1 Å². The minimum absolute atomic E-state index is 0.320. The third kappa shape index (κ3) is 3.65. The van der Waals surface area contributed by atoms with E-state index in [0.717, 1.165) is 38.4 Å². The molecule has 2 aromatic heterocycles. The van der Waals surface area contributed by atoms with Crippen molar-refractivity contribution in [3.63, 3.8) is 0 Å². The summed E-state index contributed by atoms with van der Waals surface area (Å²) < 4.78 is 14.5. The predicted molar refractivity (Wildman–Crippen MR) is 112 cm³/mol. The molecule has 0 amide bonds. The van der Waals surface area contributed by atoms with Crippen LogP contribution in [-0.2, 0) is 0 Å². The van der Waals surface area contributed by atoms with E-state index >= 15 is 0 Å². The third-order valence-corrected chi connectivity index (χ3v) is 5.52. The van der Waals surface area contributed by atoms with E-state index in [1.165, 1.54) is 6.07 Å². The van der Waals surface area contributed by atoms with Gasteiger partial charge in [-0.25, -0.2) is 4.39 Å². The number of anilines is 2. The molecule has 4 aromatic rings. The Labute approximate surface area is 168 Å². The topological polar surface area (TPSA) is 50.7 Å². The second-order valence-corrected chi connectivity index (χ2v) is 7.48. The first-order chi connectivity index (χ1) is 13.2. The molecule has 0 bridgehead atoms. The molecule has 0 radical (unpaired) electrons. The van der Waals surface area contributed by atoms with Gasteiger partial charge in [-0.2, -0.15) is 0 Å².